The number of benzene rings is 1. The zero-order valence-corrected chi connectivity index (χ0v) is 16.5. The molecule has 4 bridgehead atoms. The summed E-state index contributed by atoms with van der Waals surface area (Å²) in [5.41, 5.74) is 2.31. The third kappa shape index (κ3) is 3.37. The standard InChI is InChI=1S/C25H37N/c1-3-8-23(9-4-1)24(10-7-13-26-11-5-2-6-12-26)25-17-20-14-21(18-25)16-22(15-20)19-25/h1,3-4,8-9,20-22,24H,2,5-7,10-19H2. The van der Waals surface area contributed by atoms with E-state index in [0.717, 1.165) is 23.7 Å². The van der Waals surface area contributed by atoms with Crippen molar-refractivity contribution in [2.24, 2.45) is 23.2 Å². The van der Waals surface area contributed by atoms with Crippen molar-refractivity contribution in [3.63, 3.8) is 0 Å². The molecule has 0 aromatic heterocycles. The molecule has 0 amide bonds. The number of rotatable bonds is 6. The van der Waals surface area contributed by atoms with Crippen molar-refractivity contribution in [1.29, 1.82) is 0 Å². The zero-order chi connectivity index (χ0) is 17.4. The van der Waals surface area contributed by atoms with Crippen molar-refractivity contribution < 1.29 is 0 Å². The third-order valence-electron chi connectivity index (χ3n) is 8.44. The van der Waals surface area contributed by atoms with Crippen LogP contribution >= 0.6 is 0 Å². The minimum absolute atomic E-state index is 0.651. The smallest absolute Gasteiger partial charge is 0.00185 e. The van der Waals surface area contributed by atoms with Crippen LogP contribution in [0.5, 0.6) is 0 Å². The van der Waals surface area contributed by atoms with Gasteiger partial charge in [0.25, 0.3) is 0 Å². The first-order valence-electron chi connectivity index (χ1n) is 11.6. The summed E-state index contributed by atoms with van der Waals surface area (Å²) in [7, 11) is 0. The Bertz CT molecular complexity index is 550. The van der Waals surface area contributed by atoms with Crippen LogP contribution in [0.25, 0.3) is 0 Å². The normalized spacial score (nSPS) is 37.8. The van der Waals surface area contributed by atoms with Crippen LogP contribution in [0.4, 0.5) is 0 Å². The van der Waals surface area contributed by atoms with Gasteiger partial charge in [-0.2, -0.15) is 0 Å². The Labute approximate surface area is 160 Å². The minimum atomic E-state index is 0.651. The summed E-state index contributed by atoms with van der Waals surface area (Å²) in [5.74, 6) is 4.01. The maximum atomic E-state index is 2.74. The van der Waals surface area contributed by atoms with Gasteiger partial charge in [0.2, 0.25) is 0 Å². The van der Waals surface area contributed by atoms with Crippen molar-refractivity contribution in [2.45, 2.75) is 76.5 Å². The van der Waals surface area contributed by atoms with Crippen LogP contribution < -0.4 is 0 Å². The predicted molar refractivity (Wildman–Crippen MR) is 109 cm³/mol. The van der Waals surface area contributed by atoms with Crippen molar-refractivity contribution in [3.8, 4) is 0 Å². The number of nitrogens with zero attached hydrogens (tertiary/aromatic N) is 1. The second kappa shape index (κ2) is 7.30. The molecule has 0 radical (unpaired) electrons. The molecule has 1 nitrogen and oxygen atoms in total. The highest BCUT2D eigenvalue weighted by molar-refractivity contribution is 5.24. The molecular formula is C25H37N. The third-order valence-corrected chi connectivity index (χ3v) is 8.44. The average molecular weight is 352 g/mol. The lowest BCUT2D eigenvalue weighted by atomic mass is 9.45. The molecule has 1 unspecified atom stereocenters. The quantitative estimate of drug-likeness (QED) is 0.585. The molecule has 1 aliphatic heterocycles. The fraction of sp³-hybridized carbons (Fsp3) is 0.760. The van der Waals surface area contributed by atoms with Gasteiger partial charge in [-0.3, -0.25) is 0 Å². The first-order valence-corrected chi connectivity index (χ1v) is 11.6. The van der Waals surface area contributed by atoms with Gasteiger partial charge in [-0.25, -0.2) is 0 Å². The van der Waals surface area contributed by atoms with Gasteiger partial charge in [0, 0.05) is 0 Å². The monoisotopic (exact) mass is 351 g/mol. The van der Waals surface area contributed by atoms with Gasteiger partial charge >= 0.3 is 0 Å². The second-order valence-electron chi connectivity index (χ2n) is 10.3. The summed E-state index contributed by atoms with van der Waals surface area (Å²) in [4.78, 5) is 2.74. The van der Waals surface area contributed by atoms with Gasteiger partial charge in [0.15, 0.2) is 0 Å². The maximum Gasteiger partial charge on any atom is -0.00185 e. The second-order valence-corrected chi connectivity index (χ2v) is 10.3. The maximum absolute atomic E-state index is 2.74. The van der Waals surface area contributed by atoms with Crippen molar-refractivity contribution in [1.82, 2.24) is 4.90 Å². The van der Waals surface area contributed by atoms with Gasteiger partial charge in [-0.05, 0) is 118 Å². The Morgan fingerprint density at radius 2 is 1.46 bits per heavy atom. The SMILES string of the molecule is c1ccc(C(CCCN2CCCCC2)C23CC4CC(CC(C4)C2)C3)cc1. The molecule has 1 heterocycles. The molecule has 1 atom stereocenters. The Kier molecular flexibility index (Phi) is 4.86. The van der Waals surface area contributed by atoms with E-state index in [1.807, 2.05) is 0 Å². The van der Waals surface area contributed by atoms with E-state index < -0.39 is 0 Å². The summed E-state index contributed by atoms with van der Waals surface area (Å²) in [6.07, 6.45) is 16.5. The summed E-state index contributed by atoms with van der Waals surface area (Å²) < 4.78 is 0. The molecule has 0 spiro atoms. The highest BCUT2D eigenvalue weighted by atomic mass is 15.1. The van der Waals surface area contributed by atoms with Crippen LogP contribution in [0, 0.1) is 23.2 Å². The van der Waals surface area contributed by atoms with Gasteiger partial charge in [0.1, 0.15) is 0 Å². The molecule has 1 heteroatoms. The molecule has 4 saturated carbocycles. The number of likely N-dealkylation sites (tertiary alicyclic amines) is 1. The van der Waals surface area contributed by atoms with E-state index in [1.165, 1.54) is 51.7 Å². The molecule has 1 saturated heterocycles. The first kappa shape index (κ1) is 17.3. The largest absolute Gasteiger partial charge is 0.303 e. The lowest BCUT2D eigenvalue weighted by Gasteiger charge is -2.60. The highest BCUT2D eigenvalue weighted by Crippen LogP contribution is 2.65. The molecule has 6 rings (SSSR count). The van der Waals surface area contributed by atoms with E-state index in [9.17, 15) is 0 Å². The summed E-state index contributed by atoms with van der Waals surface area (Å²) in [5, 5.41) is 0. The first-order chi connectivity index (χ1) is 12.8. The van der Waals surface area contributed by atoms with E-state index in [4.69, 9.17) is 0 Å². The van der Waals surface area contributed by atoms with E-state index in [0.29, 0.717) is 5.41 Å². The molecule has 0 N–H and O–H groups in total. The van der Waals surface area contributed by atoms with Crippen molar-refractivity contribution in [3.05, 3.63) is 35.9 Å². The van der Waals surface area contributed by atoms with Gasteiger partial charge < -0.3 is 4.90 Å². The highest BCUT2D eigenvalue weighted by Gasteiger charge is 2.54. The predicted octanol–water partition coefficient (Wildman–Crippen LogP) is 6.25. The van der Waals surface area contributed by atoms with Gasteiger partial charge in [0.05, 0.1) is 0 Å². The average Bonchev–Trinajstić information content (AvgIpc) is 2.65. The Hall–Kier alpha value is -0.820. The summed E-state index contributed by atoms with van der Waals surface area (Å²) >= 11 is 0. The molecule has 5 aliphatic rings. The van der Waals surface area contributed by atoms with E-state index in [2.05, 4.69) is 35.2 Å². The van der Waals surface area contributed by atoms with Crippen molar-refractivity contribution >= 4 is 0 Å². The van der Waals surface area contributed by atoms with E-state index in [1.54, 1.807) is 44.1 Å². The Morgan fingerprint density at radius 1 is 0.846 bits per heavy atom. The topological polar surface area (TPSA) is 3.24 Å². The van der Waals surface area contributed by atoms with Gasteiger partial charge in [-0.15, -0.1) is 0 Å². The van der Waals surface area contributed by atoms with E-state index in [-0.39, 0.29) is 0 Å². The van der Waals surface area contributed by atoms with Crippen LogP contribution in [0.3, 0.4) is 0 Å². The van der Waals surface area contributed by atoms with Crippen molar-refractivity contribution in [2.75, 3.05) is 19.6 Å². The zero-order valence-electron chi connectivity index (χ0n) is 16.5. The lowest BCUT2D eigenvalue weighted by Crippen LogP contribution is -2.49. The fourth-order valence-electron chi connectivity index (χ4n) is 7.82. The molecule has 1 aromatic rings. The lowest BCUT2D eigenvalue weighted by molar-refractivity contribution is -0.0706. The van der Waals surface area contributed by atoms with Crippen LogP contribution in [0.2, 0.25) is 0 Å². The Balaban J connectivity index is 1.33. The summed E-state index contributed by atoms with van der Waals surface area (Å²) in [6.45, 7) is 4.05. The van der Waals surface area contributed by atoms with Crippen LogP contribution in [-0.2, 0) is 0 Å². The molecular weight excluding hydrogens is 314 g/mol. The molecule has 142 valence electrons. The van der Waals surface area contributed by atoms with Crippen LogP contribution in [0.15, 0.2) is 30.3 Å². The van der Waals surface area contributed by atoms with Crippen LogP contribution in [0.1, 0.15) is 82.1 Å². The summed E-state index contributed by atoms with van der Waals surface area (Å²) in [6, 6.07) is 11.7. The number of hydrogen-bond donors (Lipinski definition) is 0. The number of hydrogen-bond acceptors (Lipinski definition) is 1. The Morgan fingerprint density at radius 3 is 2.08 bits per heavy atom. The number of piperidine rings is 1. The molecule has 5 fully saturated rings. The molecule has 4 aliphatic carbocycles. The van der Waals surface area contributed by atoms with Crippen LogP contribution in [-0.4, -0.2) is 24.5 Å². The molecule has 1 aromatic carbocycles. The minimum Gasteiger partial charge on any atom is -0.303 e. The molecule has 26 heavy (non-hydrogen) atoms. The van der Waals surface area contributed by atoms with E-state index >= 15 is 0 Å². The van der Waals surface area contributed by atoms with Gasteiger partial charge in [-0.1, -0.05) is 36.8 Å². The fourth-order valence-corrected chi connectivity index (χ4v) is 7.82.